The van der Waals surface area contributed by atoms with Crippen LogP contribution in [0.25, 0.3) is 10.9 Å². The number of rotatable bonds is 13. The first-order valence-corrected chi connectivity index (χ1v) is 13.3. The summed E-state index contributed by atoms with van der Waals surface area (Å²) in [6, 6.07) is 11.0. The SMILES string of the molecule is CCCCCCOc1c(OC)cc(NC(C)CCCN2C(=O)c3ccccc3C2=O)c2nccc(C)c12. The molecule has 1 atom stereocenters. The number of carbonyl (C=O) groups is 2. The lowest BCUT2D eigenvalue weighted by atomic mass is 10.1. The van der Waals surface area contributed by atoms with Crippen molar-refractivity contribution in [2.45, 2.75) is 65.3 Å². The van der Waals surface area contributed by atoms with Crippen LogP contribution in [0, 0.1) is 6.92 Å². The number of imide groups is 1. The van der Waals surface area contributed by atoms with E-state index in [9.17, 15) is 9.59 Å². The topological polar surface area (TPSA) is 80.8 Å². The zero-order valence-electron chi connectivity index (χ0n) is 22.3. The second kappa shape index (κ2) is 12.1. The number of aryl methyl sites for hydroxylation is 1. The molecule has 1 aromatic heterocycles. The van der Waals surface area contributed by atoms with Crippen LogP contribution in [0.1, 0.15) is 78.7 Å². The van der Waals surface area contributed by atoms with Crippen LogP contribution in [0.4, 0.5) is 5.69 Å². The van der Waals surface area contributed by atoms with E-state index in [1.165, 1.54) is 17.7 Å². The molecule has 1 N–H and O–H groups in total. The van der Waals surface area contributed by atoms with Crippen molar-refractivity contribution in [2.24, 2.45) is 0 Å². The van der Waals surface area contributed by atoms with Gasteiger partial charge in [-0.15, -0.1) is 0 Å². The van der Waals surface area contributed by atoms with Gasteiger partial charge in [0.2, 0.25) is 0 Å². The summed E-state index contributed by atoms with van der Waals surface area (Å²) in [7, 11) is 1.66. The summed E-state index contributed by atoms with van der Waals surface area (Å²) in [5.41, 5.74) is 3.78. The average molecular weight is 504 g/mol. The Balaban J connectivity index is 1.44. The minimum Gasteiger partial charge on any atom is -0.493 e. The Bertz CT molecular complexity index is 1240. The van der Waals surface area contributed by atoms with Crippen LogP contribution in [0.3, 0.4) is 0 Å². The van der Waals surface area contributed by atoms with E-state index in [4.69, 9.17) is 9.47 Å². The molecule has 3 aromatic rings. The van der Waals surface area contributed by atoms with Crippen LogP contribution < -0.4 is 14.8 Å². The van der Waals surface area contributed by atoms with Crippen molar-refractivity contribution in [1.82, 2.24) is 9.88 Å². The lowest BCUT2D eigenvalue weighted by Gasteiger charge is -2.21. The van der Waals surface area contributed by atoms with Gasteiger partial charge in [-0.3, -0.25) is 19.5 Å². The standard InChI is InChI=1S/C30H37N3O4/c1-5-6-7-10-18-37-28-25(36-4)19-24(27-26(28)20(2)15-16-31-27)32-21(3)12-11-17-33-29(34)22-13-8-9-14-23(22)30(33)35/h8-9,13-16,19,21,32H,5-7,10-12,17-18H2,1-4H3. The largest absolute Gasteiger partial charge is 0.493 e. The number of fused-ring (bicyclic) bond motifs is 2. The van der Waals surface area contributed by atoms with E-state index in [1.807, 2.05) is 18.3 Å². The predicted molar refractivity (Wildman–Crippen MR) is 147 cm³/mol. The van der Waals surface area contributed by atoms with Crippen molar-refractivity contribution in [1.29, 1.82) is 0 Å². The molecule has 0 spiro atoms. The molecule has 7 nitrogen and oxygen atoms in total. The Morgan fingerprint density at radius 2 is 1.76 bits per heavy atom. The first-order chi connectivity index (χ1) is 18.0. The van der Waals surface area contributed by atoms with Gasteiger partial charge in [-0.1, -0.05) is 38.3 Å². The number of nitrogens with zero attached hydrogens (tertiary/aromatic N) is 2. The number of pyridine rings is 1. The second-order valence-electron chi connectivity index (χ2n) is 9.71. The molecule has 0 aliphatic carbocycles. The molecule has 2 amide bonds. The summed E-state index contributed by atoms with van der Waals surface area (Å²) in [4.78, 5) is 31.3. The van der Waals surface area contributed by atoms with Gasteiger partial charge in [0.05, 0.1) is 41.4 Å². The molecule has 2 heterocycles. The number of hydrogen-bond donors (Lipinski definition) is 1. The van der Waals surface area contributed by atoms with E-state index >= 15 is 0 Å². The van der Waals surface area contributed by atoms with Crippen LogP contribution in [0.15, 0.2) is 42.6 Å². The van der Waals surface area contributed by atoms with Crippen molar-refractivity contribution in [3.05, 3.63) is 59.3 Å². The molecule has 7 heteroatoms. The molecule has 0 radical (unpaired) electrons. The lowest BCUT2D eigenvalue weighted by molar-refractivity contribution is 0.0651. The number of aromatic nitrogens is 1. The number of nitrogens with one attached hydrogen (secondary N) is 1. The highest BCUT2D eigenvalue weighted by Crippen LogP contribution is 2.41. The molecular weight excluding hydrogens is 466 g/mol. The number of unbranched alkanes of at least 4 members (excludes halogenated alkanes) is 3. The second-order valence-corrected chi connectivity index (χ2v) is 9.71. The normalized spacial score (nSPS) is 13.7. The van der Waals surface area contributed by atoms with Crippen LogP contribution in [0.5, 0.6) is 11.5 Å². The third-order valence-electron chi connectivity index (χ3n) is 6.90. The van der Waals surface area contributed by atoms with Gasteiger partial charge >= 0.3 is 0 Å². The Morgan fingerprint density at radius 1 is 1.03 bits per heavy atom. The summed E-state index contributed by atoms with van der Waals surface area (Å²) in [6.45, 7) is 7.38. The molecule has 1 unspecified atom stereocenters. The molecule has 2 aromatic carbocycles. The minimum atomic E-state index is -0.207. The quantitative estimate of drug-likeness (QED) is 0.215. The molecule has 37 heavy (non-hydrogen) atoms. The fraction of sp³-hybridized carbons (Fsp3) is 0.433. The van der Waals surface area contributed by atoms with Crippen LogP contribution >= 0.6 is 0 Å². The maximum absolute atomic E-state index is 12.6. The summed E-state index contributed by atoms with van der Waals surface area (Å²) in [5, 5.41) is 4.53. The maximum atomic E-state index is 12.6. The van der Waals surface area contributed by atoms with E-state index in [2.05, 4.69) is 31.1 Å². The number of benzene rings is 2. The van der Waals surface area contributed by atoms with E-state index < -0.39 is 0 Å². The Labute approximate surface area is 219 Å². The Kier molecular flexibility index (Phi) is 8.64. The van der Waals surface area contributed by atoms with E-state index in [1.54, 1.807) is 31.4 Å². The van der Waals surface area contributed by atoms with Crippen molar-refractivity contribution in [2.75, 3.05) is 25.6 Å². The van der Waals surface area contributed by atoms with Gasteiger partial charge < -0.3 is 14.8 Å². The zero-order chi connectivity index (χ0) is 26.4. The maximum Gasteiger partial charge on any atom is 0.261 e. The molecule has 0 fully saturated rings. The third-order valence-corrected chi connectivity index (χ3v) is 6.90. The molecule has 1 aliphatic heterocycles. The summed E-state index contributed by atoms with van der Waals surface area (Å²) in [6.07, 6.45) is 7.82. The molecular formula is C30H37N3O4. The van der Waals surface area contributed by atoms with Gasteiger partial charge in [0.15, 0.2) is 11.5 Å². The first kappa shape index (κ1) is 26.5. The summed E-state index contributed by atoms with van der Waals surface area (Å²) in [5.74, 6) is 1.01. The third kappa shape index (κ3) is 5.71. The van der Waals surface area contributed by atoms with E-state index in [0.717, 1.165) is 47.2 Å². The first-order valence-electron chi connectivity index (χ1n) is 13.3. The van der Waals surface area contributed by atoms with Gasteiger partial charge in [-0.2, -0.15) is 0 Å². The number of hydrogen-bond acceptors (Lipinski definition) is 6. The van der Waals surface area contributed by atoms with Crippen molar-refractivity contribution in [3.63, 3.8) is 0 Å². The molecule has 0 saturated carbocycles. The van der Waals surface area contributed by atoms with Crippen molar-refractivity contribution < 1.29 is 19.1 Å². The molecule has 0 saturated heterocycles. The van der Waals surface area contributed by atoms with Crippen LogP contribution in [-0.2, 0) is 0 Å². The van der Waals surface area contributed by atoms with Crippen LogP contribution in [0.2, 0.25) is 0 Å². The Hall–Kier alpha value is -3.61. The van der Waals surface area contributed by atoms with Gasteiger partial charge in [-0.25, -0.2) is 0 Å². The average Bonchev–Trinajstić information content (AvgIpc) is 3.14. The van der Waals surface area contributed by atoms with Gasteiger partial charge in [0, 0.05) is 24.8 Å². The number of ether oxygens (including phenoxy) is 2. The number of anilines is 1. The van der Waals surface area contributed by atoms with Crippen molar-refractivity contribution in [3.8, 4) is 11.5 Å². The van der Waals surface area contributed by atoms with Crippen molar-refractivity contribution >= 4 is 28.4 Å². The number of amides is 2. The molecule has 4 rings (SSSR count). The number of methoxy groups -OCH3 is 1. The molecule has 0 bridgehead atoms. The zero-order valence-corrected chi connectivity index (χ0v) is 22.3. The van der Waals surface area contributed by atoms with E-state index in [0.29, 0.717) is 36.4 Å². The van der Waals surface area contributed by atoms with Crippen LogP contribution in [-0.4, -0.2) is 48.0 Å². The van der Waals surface area contributed by atoms with Gasteiger partial charge in [0.25, 0.3) is 11.8 Å². The lowest BCUT2D eigenvalue weighted by Crippen LogP contribution is -2.31. The van der Waals surface area contributed by atoms with Gasteiger partial charge in [0.1, 0.15) is 0 Å². The molecule has 1 aliphatic rings. The van der Waals surface area contributed by atoms with E-state index in [-0.39, 0.29) is 17.9 Å². The molecule has 196 valence electrons. The fourth-order valence-electron chi connectivity index (χ4n) is 4.88. The fourth-order valence-corrected chi connectivity index (χ4v) is 4.88. The summed E-state index contributed by atoms with van der Waals surface area (Å²) >= 11 is 0. The van der Waals surface area contributed by atoms with Gasteiger partial charge in [-0.05, 0) is 56.9 Å². The Morgan fingerprint density at radius 3 is 2.43 bits per heavy atom. The monoisotopic (exact) mass is 503 g/mol. The highest BCUT2D eigenvalue weighted by atomic mass is 16.5. The minimum absolute atomic E-state index is 0.0891. The highest BCUT2D eigenvalue weighted by molar-refractivity contribution is 6.21. The smallest absolute Gasteiger partial charge is 0.261 e. The number of carbonyl (C=O) groups excluding carboxylic acids is 2. The predicted octanol–water partition coefficient (Wildman–Crippen LogP) is 6.39. The highest BCUT2D eigenvalue weighted by Gasteiger charge is 2.34. The summed E-state index contributed by atoms with van der Waals surface area (Å²) < 4.78 is 12.0.